The maximum absolute atomic E-state index is 12.8. The van der Waals surface area contributed by atoms with E-state index in [1.807, 2.05) is 0 Å². The quantitative estimate of drug-likeness (QED) is 0.0261. The molecule has 0 aromatic carbocycles. The summed E-state index contributed by atoms with van der Waals surface area (Å²) in [6.07, 6.45) is 83.7. The van der Waals surface area contributed by atoms with Crippen LogP contribution in [0.5, 0.6) is 0 Å². The molecule has 0 bridgehead atoms. The zero-order valence-corrected chi connectivity index (χ0v) is 50.5. The standard InChI is InChI=1S/C70H124O6/c1-4-7-10-13-16-19-22-24-25-26-27-28-29-30-31-32-33-34-35-36-37-38-39-40-41-42-43-44-45-46-49-51-54-57-60-63-69(72)75-66-67(65-74-68(71)62-59-56-53-50-47-21-18-15-12-9-6-3)76-70(73)64-61-58-55-52-48-23-20-17-14-11-8-5-2/h7,10,16-17,19-20,24-25,27-28,30-31,67H,4-6,8-9,11-15,18,21-23,26,29,32-66H2,1-3H3/b10-7-,19-16-,20-17-,25-24-,28-27-,31-30-. The summed E-state index contributed by atoms with van der Waals surface area (Å²) in [7, 11) is 0. The van der Waals surface area contributed by atoms with Crippen LogP contribution in [0, 0.1) is 0 Å². The summed E-state index contributed by atoms with van der Waals surface area (Å²) >= 11 is 0. The van der Waals surface area contributed by atoms with E-state index < -0.39 is 6.10 Å². The summed E-state index contributed by atoms with van der Waals surface area (Å²) in [5, 5.41) is 0. The molecule has 0 rings (SSSR count). The smallest absolute Gasteiger partial charge is 0.306 e. The van der Waals surface area contributed by atoms with Crippen molar-refractivity contribution in [1.82, 2.24) is 0 Å². The minimum Gasteiger partial charge on any atom is -0.462 e. The highest BCUT2D eigenvalue weighted by molar-refractivity contribution is 5.71. The summed E-state index contributed by atoms with van der Waals surface area (Å²) in [4.78, 5) is 38.1. The van der Waals surface area contributed by atoms with Crippen molar-refractivity contribution < 1.29 is 28.6 Å². The van der Waals surface area contributed by atoms with E-state index in [2.05, 4.69) is 93.7 Å². The lowest BCUT2D eigenvalue weighted by molar-refractivity contribution is -0.167. The molecule has 0 aromatic rings. The van der Waals surface area contributed by atoms with Crippen LogP contribution in [0.2, 0.25) is 0 Å². The molecule has 76 heavy (non-hydrogen) atoms. The molecule has 0 amide bonds. The summed E-state index contributed by atoms with van der Waals surface area (Å²) in [5.74, 6) is -0.866. The molecule has 0 spiro atoms. The Morgan fingerprint density at radius 1 is 0.276 bits per heavy atom. The summed E-state index contributed by atoms with van der Waals surface area (Å²) in [6, 6.07) is 0. The third-order valence-electron chi connectivity index (χ3n) is 14.4. The molecule has 0 N–H and O–H groups in total. The average molecular weight is 1060 g/mol. The van der Waals surface area contributed by atoms with Crippen LogP contribution < -0.4 is 0 Å². The second-order valence-electron chi connectivity index (χ2n) is 22.0. The van der Waals surface area contributed by atoms with Gasteiger partial charge in [0.2, 0.25) is 0 Å². The van der Waals surface area contributed by atoms with Crippen LogP contribution in [0.1, 0.15) is 335 Å². The fourth-order valence-corrected chi connectivity index (χ4v) is 9.53. The van der Waals surface area contributed by atoms with Gasteiger partial charge in [0.05, 0.1) is 0 Å². The molecule has 0 aliphatic rings. The molecule has 0 aliphatic carbocycles. The molecule has 1 unspecified atom stereocenters. The number of allylic oxidation sites excluding steroid dienone is 12. The van der Waals surface area contributed by atoms with E-state index in [4.69, 9.17) is 14.2 Å². The van der Waals surface area contributed by atoms with Crippen molar-refractivity contribution in [3.8, 4) is 0 Å². The van der Waals surface area contributed by atoms with E-state index in [1.165, 1.54) is 199 Å². The minimum absolute atomic E-state index is 0.0726. The fourth-order valence-electron chi connectivity index (χ4n) is 9.53. The molecule has 0 saturated heterocycles. The topological polar surface area (TPSA) is 78.9 Å². The Morgan fingerprint density at radius 2 is 0.513 bits per heavy atom. The average Bonchev–Trinajstić information content (AvgIpc) is 3.42. The summed E-state index contributed by atoms with van der Waals surface area (Å²) in [6.45, 7) is 6.52. The van der Waals surface area contributed by atoms with Gasteiger partial charge in [0, 0.05) is 19.3 Å². The van der Waals surface area contributed by atoms with E-state index in [-0.39, 0.29) is 31.1 Å². The SMILES string of the molecule is CC/C=C\C/C=C\C/C=C\C/C=C\C/C=C\CCCCCCCCCCCCCCCCCCCCCC(=O)OCC(COC(=O)CCCCCCCCCCCCC)OC(=O)CCCCCCC/C=C\CCCCC. The number of carbonyl (C=O) groups is 3. The predicted molar refractivity (Wildman–Crippen MR) is 330 cm³/mol. The number of rotatable bonds is 60. The number of esters is 3. The number of ether oxygens (including phenoxy) is 3. The van der Waals surface area contributed by atoms with Gasteiger partial charge in [-0.25, -0.2) is 0 Å². The molecular weight excluding hydrogens is 937 g/mol. The van der Waals surface area contributed by atoms with Gasteiger partial charge in [-0.2, -0.15) is 0 Å². The van der Waals surface area contributed by atoms with Crippen LogP contribution in [0.3, 0.4) is 0 Å². The molecule has 0 radical (unpaired) electrons. The Labute approximate surface area is 472 Å². The molecule has 0 heterocycles. The monoisotopic (exact) mass is 1060 g/mol. The Morgan fingerprint density at radius 3 is 0.842 bits per heavy atom. The number of unbranched alkanes of at least 4 members (excludes halogenated alkanes) is 37. The first kappa shape index (κ1) is 72.8. The lowest BCUT2D eigenvalue weighted by atomic mass is 10.0. The second kappa shape index (κ2) is 64.4. The van der Waals surface area contributed by atoms with Crippen LogP contribution in [0.4, 0.5) is 0 Å². The van der Waals surface area contributed by atoms with Gasteiger partial charge in [-0.3, -0.25) is 14.4 Å². The van der Waals surface area contributed by atoms with Crippen molar-refractivity contribution >= 4 is 17.9 Å². The van der Waals surface area contributed by atoms with E-state index >= 15 is 0 Å². The van der Waals surface area contributed by atoms with Crippen molar-refractivity contribution in [2.24, 2.45) is 0 Å². The van der Waals surface area contributed by atoms with Gasteiger partial charge < -0.3 is 14.2 Å². The van der Waals surface area contributed by atoms with Gasteiger partial charge in [-0.05, 0) is 89.9 Å². The number of carbonyl (C=O) groups excluding carboxylic acids is 3. The van der Waals surface area contributed by atoms with Crippen LogP contribution in [0.25, 0.3) is 0 Å². The first-order valence-corrected chi connectivity index (χ1v) is 32.9. The molecule has 6 nitrogen and oxygen atoms in total. The molecule has 6 heteroatoms. The molecule has 0 aliphatic heterocycles. The van der Waals surface area contributed by atoms with Crippen molar-refractivity contribution in [3.05, 3.63) is 72.9 Å². The van der Waals surface area contributed by atoms with Crippen molar-refractivity contribution in [1.29, 1.82) is 0 Å². The molecular formula is C70H124O6. The summed E-state index contributed by atoms with van der Waals surface area (Å²) < 4.78 is 16.9. The van der Waals surface area contributed by atoms with Crippen molar-refractivity contribution in [3.63, 3.8) is 0 Å². The van der Waals surface area contributed by atoms with Crippen LogP contribution in [0.15, 0.2) is 72.9 Å². The highest BCUT2D eigenvalue weighted by Gasteiger charge is 2.19. The van der Waals surface area contributed by atoms with Crippen LogP contribution >= 0.6 is 0 Å². The third-order valence-corrected chi connectivity index (χ3v) is 14.4. The normalized spacial score (nSPS) is 12.5. The van der Waals surface area contributed by atoms with E-state index in [9.17, 15) is 14.4 Å². The predicted octanol–water partition coefficient (Wildman–Crippen LogP) is 22.5. The molecule has 440 valence electrons. The molecule has 0 saturated carbocycles. The first-order chi connectivity index (χ1) is 37.5. The Kier molecular flexibility index (Phi) is 61.7. The molecule has 0 aromatic heterocycles. The van der Waals surface area contributed by atoms with Gasteiger partial charge >= 0.3 is 17.9 Å². The summed E-state index contributed by atoms with van der Waals surface area (Å²) in [5.41, 5.74) is 0. The van der Waals surface area contributed by atoms with Gasteiger partial charge in [0.25, 0.3) is 0 Å². The van der Waals surface area contributed by atoms with Crippen molar-refractivity contribution in [2.45, 2.75) is 341 Å². The van der Waals surface area contributed by atoms with Gasteiger partial charge in [-0.15, -0.1) is 0 Å². The van der Waals surface area contributed by atoms with Gasteiger partial charge in [0.15, 0.2) is 6.10 Å². The highest BCUT2D eigenvalue weighted by Crippen LogP contribution is 2.17. The Balaban J connectivity index is 4.01. The molecule has 0 fully saturated rings. The largest absolute Gasteiger partial charge is 0.462 e. The molecule has 1 atom stereocenters. The lowest BCUT2D eigenvalue weighted by Crippen LogP contribution is -2.30. The Bertz CT molecular complexity index is 1400. The zero-order valence-electron chi connectivity index (χ0n) is 50.5. The Hall–Kier alpha value is -3.15. The number of hydrogen-bond acceptors (Lipinski definition) is 6. The zero-order chi connectivity index (χ0) is 55.0. The van der Waals surface area contributed by atoms with Crippen LogP contribution in [-0.4, -0.2) is 37.2 Å². The fraction of sp³-hybridized carbons (Fsp3) is 0.786. The first-order valence-electron chi connectivity index (χ1n) is 32.9. The van der Waals surface area contributed by atoms with Crippen LogP contribution in [-0.2, 0) is 28.6 Å². The maximum atomic E-state index is 12.8. The highest BCUT2D eigenvalue weighted by atomic mass is 16.6. The number of hydrogen-bond donors (Lipinski definition) is 0. The van der Waals surface area contributed by atoms with Gasteiger partial charge in [0.1, 0.15) is 13.2 Å². The van der Waals surface area contributed by atoms with E-state index in [1.54, 1.807) is 0 Å². The van der Waals surface area contributed by atoms with E-state index in [0.29, 0.717) is 19.3 Å². The third kappa shape index (κ3) is 61.7. The lowest BCUT2D eigenvalue weighted by Gasteiger charge is -2.18. The maximum Gasteiger partial charge on any atom is 0.306 e. The van der Waals surface area contributed by atoms with Gasteiger partial charge in [-0.1, -0.05) is 299 Å². The van der Waals surface area contributed by atoms with E-state index in [0.717, 1.165) is 96.3 Å². The van der Waals surface area contributed by atoms with Crippen molar-refractivity contribution in [2.75, 3.05) is 13.2 Å². The second-order valence-corrected chi connectivity index (χ2v) is 22.0. The minimum atomic E-state index is -0.774.